The van der Waals surface area contributed by atoms with Crippen LogP contribution in [0.3, 0.4) is 0 Å². The Morgan fingerprint density at radius 1 is 0.949 bits per heavy atom. The van der Waals surface area contributed by atoms with Crippen molar-refractivity contribution in [2.45, 2.75) is 45.4 Å². The minimum atomic E-state index is -3.98. The Balaban J connectivity index is 1.55. The van der Waals surface area contributed by atoms with E-state index in [1.54, 1.807) is 36.5 Å². The lowest BCUT2D eigenvalue weighted by atomic mass is 10.0. The van der Waals surface area contributed by atoms with Crippen LogP contribution in [0.4, 0.5) is 5.69 Å². The minimum absolute atomic E-state index is 0.109. The van der Waals surface area contributed by atoms with E-state index in [2.05, 4.69) is 53.2 Å². The molecule has 1 aromatic heterocycles. The van der Waals surface area contributed by atoms with Crippen LogP contribution < -0.4 is 9.73 Å². The van der Waals surface area contributed by atoms with Gasteiger partial charge in [0.2, 0.25) is 0 Å². The quantitative estimate of drug-likeness (QED) is 0.212. The van der Waals surface area contributed by atoms with E-state index >= 15 is 0 Å². The summed E-state index contributed by atoms with van der Waals surface area (Å²) in [4.78, 5) is 13.1. The number of hydrogen-bond acceptors (Lipinski definition) is 4. The monoisotopic (exact) mass is 542 g/mol. The summed E-state index contributed by atoms with van der Waals surface area (Å²) < 4.78 is 30.3. The molecule has 39 heavy (non-hydrogen) atoms. The molecular weight excluding hydrogens is 508 g/mol. The zero-order chi connectivity index (χ0) is 28.2. The first-order valence-electron chi connectivity index (χ1n) is 12.8. The molecule has 0 bridgehead atoms. The van der Waals surface area contributed by atoms with Gasteiger partial charge in [0.15, 0.2) is 0 Å². The predicted molar refractivity (Wildman–Crippen MR) is 157 cm³/mol. The fourth-order valence-electron chi connectivity index (χ4n) is 4.41. The SMILES string of the molecule is Cc1ccc(-n2c(C)cc(/C=N\NC(=O)CN(c3ccc(C(C)C)cc3)S(=O)(=O)c3ccccc3)c2C)cc1. The Bertz CT molecular complexity index is 1570. The summed E-state index contributed by atoms with van der Waals surface area (Å²) in [5.41, 5.74) is 9.09. The normalized spacial score (nSPS) is 11.7. The summed E-state index contributed by atoms with van der Waals surface area (Å²) in [5, 5.41) is 4.14. The molecule has 4 aromatic rings. The standard InChI is InChI=1S/C31H34N4O3S/c1-22(2)26-13-17-28(18-14-26)34(39(37,38)30-9-7-6-8-10-30)21-31(36)33-32-20-27-19-24(4)35(25(27)5)29-15-11-23(3)12-16-29/h6-20,22H,21H2,1-5H3,(H,33,36)/b32-20-. The third kappa shape index (κ3) is 6.29. The van der Waals surface area contributed by atoms with E-state index < -0.39 is 22.5 Å². The van der Waals surface area contributed by atoms with Gasteiger partial charge in [-0.05, 0) is 74.7 Å². The predicted octanol–water partition coefficient (Wildman–Crippen LogP) is 5.87. The van der Waals surface area contributed by atoms with Crippen molar-refractivity contribution in [3.8, 4) is 5.69 Å². The average molecular weight is 543 g/mol. The van der Waals surface area contributed by atoms with Crippen molar-refractivity contribution in [3.63, 3.8) is 0 Å². The number of carbonyl (C=O) groups excluding carboxylic acids is 1. The van der Waals surface area contributed by atoms with Crippen molar-refractivity contribution >= 4 is 27.8 Å². The number of hydrogen-bond donors (Lipinski definition) is 1. The molecule has 0 unspecified atom stereocenters. The van der Waals surface area contributed by atoms with Crippen LogP contribution in [0.1, 0.15) is 47.8 Å². The molecule has 3 aromatic carbocycles. The van der Waals surface area contributed by atoms with E-state index in [0.29, 0.717) is 11.6 Å². The number of anilines is 1. The van der Waals surface area contributed by atoms with E-state index in [0.717, 1.165) is 32.5 Å². The lowest BCUT2D eigenvalue weighted by Gasteiger charge is -2.24. The van der Waals surface area contributed by atoms with Gasteiger partial charge in [0.25, 0.3) is 15.9 Å². The highest BCUT2D eigenvalue weighted by atomic mass is 32.2. The van der Waals surface area contributed by atoms with Crippen LogP contribution in [-0.2, 0) is 14.8 Å². The maximum absolute atomic E-state index is 13.5. The third-order valence-electron chi connectivity index (χ3n) is 6.62. The molecule has 0 aliphatic rings. The Morgan fingerprint density at radius 3 is 2.21 bits per heavy atom. The van der Waals surface area contributed by atoms with Crippen molar-refractivity contribution in [2.75, 3.05) is 10.8 Å². The Morgan fingerprint density at radius 2 is 1.59 bits per heavy atom. The largest absolute Gasteiger partial charge is 0.318 e. The first kappa shape index (κ1) is 27.9. The molecule has 0 radical (unpaired) electrons. The van der Waals surface area contributed by atoms with Gasteiger partial charge in [-0.2, -0.15) is 5.10 Å². The number of rotatable bonds is 9. The van der Waals surface area contributed by atoms with Crippen LogP contribution in [-0.4, -0.2) is 31.7 Å². The second-order valence-corrected chi connectivity index (χ2v) is 11.7. The van der Waals surface area contributed by atoms with Gasteiger partial charge in [0.05, 0.1) is 16.8 Å². The molecule has 1 N–H and O–H groups in total. The summed E-state index contributed by atoms with van der Waals surface area (Å²) in [6, 6.07) is 25.6. The van der Waals surface area contributed by atoms with E-state index in [1.807, 2.05) is 39.0 Å². The smallest absolute Gasteiger partial charge is 0.264 e. The van der Waals surface area contributed by atoms with Crippen molar-refractivity contribution in [1.82, 2.24) is 9.99 Å². The molecule has 0 aliphatic heterocycles. The average Bonchev–Trinajstić information content (AvgIpc) is 3.20. The van der Waals surface area contributed by atoms with Gasteiger partial charge in [-0.25, -0.2) is 13.8 Å². The highest BCUT2D eigenvalue weighted by Gasteiger charge is 2.27. The molecule has 0 saturated heterocycles. The van der Waals surface area contributed by atoms with Gasteiger partial charge in [0, 0.05) is 22.6 Å². The maximum Gasteiger partial charge on any atom is 0.264 e. The number of aromatic nitrogens is 1. The molecule has 0 spiro atoms. The summed E-state index contributed by atoms with van der Waals surface area (Å²) in [6.07, 6.45) is 1.58. The van der Waals surface area contributed by atoms with Crippen LogP contribution >= 0.6 is 0 Å². The van der Waals surface area contributed by atoms with Crippen molar-refractivity contribution in [1.29, 1.82) is 0 Å². The Kier molecular flexibility index (Phi) is 8.35. The van der Waals surface area contributed by atoms with Crippen molar-refractivity contribution in [2.24, 2.45) is 5.10 Å². The lowest BCUT2D eigenvalue weighted by Crippen LogP contribution is -2.39. The van der Waals surface area contributed by atoms with Gasteiger partial charge in [-0.3, -0.25) is 9.10 Å². The maximum atomic E-state index is 13.5. The molecule has 4 rings (SSSR count). The van der Waals surface area contributed by atoms with E-state index in [9.17, 15) is 13.2 Å². The molecule has 8 heteroatoms. The second-order valence-electron chi connectivity index (χ2n) is 9.86. The second kappa shape index (κ2) is 11.7. The zero-order valence-electron chi connectivity index (χ0n) is 22.9. The highest BCUT2D eigenvalue weighted by Crippen LogP contribution is 2.26. The van der Waals surface area contributed by atoms with Crippen molar-refractivity contribution in [3.05, 3.63) is 113 Å². The molecule has 1 amide bonds. The molecule has 0 fully saturated rings. The number of nitrogens with one attached hydrogen (secondary N) is 1. The van der Waals surface area contributed by atoms with Gasteiger partial charge in [0.1, 0.15) is 6.54 Å². The van der Waals surface area contributed by atoms with Crippen LogP contribution in [0.5, 0.6) is 0 Å². The summed E-state index contributed by atoms with van der Waals surface area (Å²) in [5.74, 6) is -0.255. The topological polar surface area (TPSA) is 83.8 Å². The Labute approximate surface area is 230 Å². The molecule has 0 aliphatic carbocycles. The van der Waals surface area contributed by atoms with Crippen LogP contribution in [0.15, 0.2) is 94.9 Å². The van der Waals surface area contributed by atoms with Gasteiger partial charge in [-0.1, -0.05) is 61.9 Å². The molecule has 0 saturated carbocycles. The van der Waals surface area contributed by atoms with Crippen LogP contribution in [0, 0.1) is 20.8 Å². The van der Waals surface area contributed by atoms with E-state index in [1.165, 1.54) is 17.7 Å². The number of amides is 1. The summed E-state index contributed by atoms with van der Waals surface area (Å²) in [6.45, 7) is 9.77. The fourth-order valence-corrected chi connectivity index (χ4v) is 5.85. The fraction of sp³-hybridized carbons (Fsp3) is 0.226. The van der Waals surface area contributed by atoms with Gasteiger partial charge in [-0.15, -0.1) is 0 Å². The number of nitrogens with zero attached hydrogens (tertiary/aromatic N) is 3. The molecule has 7 nitrogen and oxygen atoms in total. The minimum Gasteiger partial charge on any atom is -0.318 e. The first-order valence-corrected chi connectivity index (χ1v) is 14.3. The molecular formula is C31H34N4O3S. The van der Waals surface area contributed by atoms with E-state index in [4.69, 9.17) is 0 Å². The number of benzene rings is 3. The Hall–Kier alpha value is -4.17. The third-order valence-corrected chi connectivity index (χ3v) is 8.41. The summed E-state index contributed by atoms with van der Waals surface area (Å²) >= 11 is 0. The first-order chi connectivity index (χ1) is 18.6. The molecule has 202 valence electrons. The van der Waals surface area contributed by atoms with Gasteiger partial charge < -0.3 is 4.57 Å². The molecule has 0 atom stereocenters. The van der Waals surface area contributed by atoms with Crippen LogP contribution in [0.2, 0.25) is 0 Å². The van der Waals surface area contributed by atoms with Crippen molar-refractivity contribution < 1.29 is 13.2 Å². The van der Waals surface area contributed by atoms with Crippen LogP contribution in [0.25, 0.3) is 5.69 Å². The number of hydrazone groups is 1. The van der Waals surface area contributed by atoms with Gasteiger partial charge >= 0.3 is 0 Å². The molecule has 1 heterocycles. The lowest BCUT2D eigenvalue weighted by molar-refractivity contribution is -0.119. The highest BCUT2D eigenvalue weighted by molar-refractivity contribution is 7.92. The number of aryl methyl sites for hydroxylation is 2. The summed E-state index contributed by atoms with van der Waals surface area (Å²) in [7, 11) is -3.98. The zero-order valence-corrected chi connectivity index (χ0v) is 23.7. The van der Waals surface area contributed by atoms with E-state index in [-0.39, 0.29) is 4.90 Å². The number of carbonyl (C=O) groups is 1. The number of sulfonamides is 1.